The maximum Gasteiger partial charge on any atom is 0.128 e. The van der Waals surface area contributed by atoms with E-state index in [1.54, 1.807) is 16.5 Å². The lowest BCUT2D eigenvalue weighted by atomic mass is 10.0. The van der Waals surface area contributed by atoms with Crippen molar-refractivity contribution in [3.8, 4) is 22.8 Å². The number of imidazole rings is 1. The van der Waals surface area contributed by atoms with Crippen molar-refractivity contribution in [2.75, 3.05) is 0 Å². The first-order valence-corrected chi connectivity index (χ1v) is 5.84. The molecule has 1 heterocycles. The van der Waals surface area contributed by atoms with Gasteiger partial charge in [-0.05, 0) is 30.4 Å². The largest absolute Gasteiger partial charge is 0.508 e. The third-order valence-electron chi connectivity index (χ3n) is 3.06. The summed E-state index contributed by atoms with van der Waals surface area (Å²) in [5, 5.41) is 19.7. The van der Waals surface area contributed by atoms with E-state index >= 15 is 0 Å². The SMILES string of the molecule is Oc1cc(O)c(C2CC2)cc1-c1cncn1S. The van der Waals surface area contributed by atoms with Gasteiger partial charge in [0.2, 0.25) is 0 Å². The van der Waals surface area contributed by atoms with Gasteiger partial charge in [0.1, 0.15) is 17.8 Å². The lowest BCUT2D eigenvalue weighted by Crippen LogP contribution is -1.88. The van der Waals surface area contributed by atoms with Gasteiger partial charge in [-0.1, -0.05) is 12.8 Å². The van der Waals surface area contributed by atoms with Crippen LogP contribution in [0.15, 0.2) is 24.7 Å². The highest BCUT2D eigenvalue weighted by Crippen LogP contribution is 2.47. The molecule has 1 saturated carbocycles. The van der Waals surface area contributed by atoms with Crippen LogP contribution in [0.25, 0.3) is 11.3 Å². The summed E-state index contributed by atoms with van der Waals surface area (Å²) in [5.74, 6) is 0.632. The summed E-state index contributed by atoms with van der Waals surface area (Å²) < 4.78 is 1.54. The van der Waals surface area contributed by atoms with Gasteiger partial charge in [0.05, 0.1) is 11.9 Å². The van der Waals surface area contributed by atoms with Gasteiger partial charge < -0.3 is 10.2 Å². The molecule has 5 heteroatoms. The fourth-order valence-corrected chi connectivity index (χ4v) is 2.22. The molecular weight excluding hydrogens is 236 g/mol. The molecule has 1 aliphatic rings. The zero-order chi connectivity index (χ0) is 12.0. The summed E-state index contributed by atoms with van der Waals surface area (Å²) in [7, 11) is 0. The van der Waals surface area contributed by atoms with Crippen LogP contribution in [0.3, 0.4) is 0 Å². The number of rotatable bonds is 2. The molecule has 88 valence electrons. The van der Waals surface area contributed by atoms with Gasteiger partial charge >= 0.3 is 0 Å². The van der Waals surface area contributed by atoms with E-state index < -0.39 is 0 Å². The molecule has 1 aromatic heterocycles. The van der Waals surface area contributed by atoms with Crippen molar-refractivity contribution in [3.05, 3.63) is 30.2 Å². The van der Waals surface area contributed by atoms with E-state index in [4.69, 9.17) is 0 Å². The average molecular weight is 248 g/mol. The average Bonchev–Trinajstić information content (AvgIpc) is 3.03. The Kier molecular flexibility index (Phi) is 2.29. The van der Waals surface area contributed by atoms with Crippen LogP contribution in [0, 0.1) is 0 Å². The molecule has 4 nitrogen and oxygen atoms in total. The summed E-state index contributed by atoms with van der Waals surface area (Å²) in [6.07, 6.45) is 5.38. The molecule has 0 saturated heterocycles. The first-order chi connectivity index (χ1) is 8.16. The third kappa shape index (κ3) is 1.76. The van der Waals surface area contributed by atoms with Gasteiger partial charge in [-0.3, -0.25) is 3.97 Å². The molecule has 17 heavy (non-hydrogen) atoms. The summed E-state index contributed by atoms with van der Waals surface area (Å²) >= 11 is 4.22. The van der Waals surface area contributed by atoms with Crippen LogP contribution in [0.5, 0.6) is 11.5 Å². The third-order valence-corrected chi connectivity index (χ3v) is 3.38. The van der Waals surface area contributed by atoms with Crippen LogP contribution in [-0.4, -0.2) is 19.2 Å². The Balaban J connectivity index is 2.16. The summed E-state index contributed by atoms with van der Waals surface area (Å²) in [5.41, 5.74) is 2.26. The van der Waals surface area contributed by atoms with Crippen LogP contribution >= 0.6 is 12.8 Å². The molecule has 0 unspecified atom stereocenters. The van der Waals surface area contributed by atoms with Crippen molar-refractivity contribution in [1.29, 1.82) is 0 Å². The first kappa shape index (κ1) is 10.5. The van der Waals surface area contributed by atoms with E-state index in [1.807, 2.05) is 6.07 Å². The molecule has 0 atom stereocenters. The molecule has 1 aliphatic carbocycles. The van der Waals surface area contributed by atoms with Crippen LogP contribution in [-0.2, 0) is 0 Å². The van der Waals surface area contributed by atoms with Crippen molar-refractivity contribution in [3.63, 3.8) is 0 Å². The number of phenols is 2. The Morgan fingerprint density at radius 3 is 2.59 bits per heavy atom. The number of nitrogens with zero attached hydrogens (tertiary/aromatic N) is 2. The fourth-order valence-electron chi connectivity index (χ4n) is 2.00. The standard InChI is InChI=1S/C12H12N2O2S/c15-11-4-12(16)9(3-8(11)7-1-2-7)10-5-13-6-14(10)17/h3-7,15-17H,1-2H2. The zero-order valence-corrected chi connectivity index (χ0v) is 9.93. The van der Waals surface area contributed by atoms with E-state index in [1.165, 1.54) is 6.07 Å². The second-order valence-electron chi connectivity index (χ2n) is 4.33. The number of benzene rings is 1. The second kappa shape index (κ2) is 3.70. The van der Waals surface area contributed by atoms with Crippen LogP contribution in [0.2, 0.25) is 0 Å². The molecular formula is C12H12N2O2S. The van der Waals surface area contributed by atoms with Gasteiger partial charge in [0.25, 0.3) is 0 Å². The molecule has 0 spiro atoms. The predicted molar refractivity (Wildman–Crippen MR) is 67.4 cm³/mol. The molecule has 0 radical (unpaired) electrons. The number of aromatic hydroxyl groups is 2. The highest BCUT2D eigenvalue weighted by atomic mass is 32.1. The Labute approximate surface area is 104 Å². The Morgan fingerprint density at radius 2 is 2.00 bits per heavy atom. The van der Waals surface area contributed by atoms with Crippen LogP contribution in [0.4, 0.5) is 0 Å². The second-order valence-corrected chi connectivity index (χ2v) is 4.76. The Hall–Kier alpha value is -1.62. The molecule has 2 aromatic rings. The number of phenolic OH excluding ortho intramolecular Hbond substituents is 2. The van der Waals surface area contributed by atoms with E-state index in [-0.39, 0.29) is 11.5 Å². The predicted octanol–water partition coefficient (Wildman–Crippen LogP) is 2.53. The van der Waals surface area contributed by atoms with Crippen molar-refractivity contribution in [1.82, 2.24) is 8.96 Å². The number of hydrogen-bond acceptors (Lipinski definition) is 4. The molecule has 0 aliphatic heterocycles. The minimum atomic E-state index is 0.0442. The van der Waals surface area contributed by atoms with Crippen molar-refractivity contribution < 1.29 is 10.2 Å². The molecule has 0 bridgehead atoms. The monoisotopic (exact) mass is 248 g/mol. The number of thiol groups is 1. The smallest absolute Gasteiger partial charge is 0.128 e. The van der Waals surface area contributed by atoms with Gasteiger partial charge in [0, 0.05) is 11.6 Å². The van der Waals surface area contributed by atoms with Gasteiger partial charge in [-0.15, -0.1) is 0 Å². The minimum Gasteiger partial charge on any atom is -0.508 e. The molecule has 0 amide bonds. The molecule has 2 N–H and O–H groups in total. The molecule has 3 rings (SSSR count). The maximum absolute atomic E-state index is 9.88. The van der Waals surface area contributed by atoms with Crippen LogP contribution < -0.4 is 0 Å². The molecule has 1 aromatic carbocycles. The van der Waals surface area contributed by atoms with Gasteiger partial charge in [0.15, 0.2) is 0 Å². The first-order valence-electron chi connectivity index (χ1n) is 5.44. The Bertz CT molecular complexity index is 576. The number of hydrogen-bond donors (Lipinski definition) is 3. The van der Waals surface area contributed by atoms with Gasteiger partial charge in [-0.25, -0.2) is 4.98 Å². The van der Waals surface area contributed by atoms with Crippen molar-refractivity contribution in [2.45, 2.75) is 18.8 Å². The van der Waals surface area contributed by atoms with E-state index in [9.17, 15) is 10.2 Å². The maximum atomic E-state index is 9.88. The van der Waals surface area contributed by atoms with Gasteiger partial charge in [-0.2, -0.15) is 0 Å². The fraction of sp³-hybridized carbons (Fsp3) is 0.250. The lowest BCUT2D eigenvalue weighted by molar-refractivity contribution is 0.447. The normalized spacial score (nSPS) is 15.1. The zero-order valence-electron chi connectivity index (χ0n) is 9.04. The highest BCUT2D eigenvalue weighted by molar-refractivity contribution is 7.78. The van der Waals surface area contributed by atoms with E-state index in [2.05, 4.69) is 17.8 Å². The topological polar surface area (TPSA) is 58.3 Å². The van der Waals surface area contributed by atoms with Crippen LogP contribution in [0.1, 0.15) is 24.3 Å². The summed E-state index contributed by atoms with van der Waals surface area (Å²) in [4.78, 5) is 3.96. The van der Waals surface area contributed by atoms with E-state index in [0.717, 1.165) is 18.4 Å². The summed E-state index contributed by atoms with van der Waals surface area (Å²) in [6.45, 7) is 0. The molecule has 1 fully saturated rings. The summed E-state index contributed by atoms with van der Waals surface area (Å²) in [6, 6.07) is 3.22. The lowest BCUT2D eigenvalue weighted by Gasteiger charge is -2.09. The van der Waals surface area contributed by atoms with Crippen molar-refractivity contribution >= 4 is 12.8 Å². The Morgan fingerprint density at radius 1 is 1.24 bits per heavy atom. The quantitative estimate of drug-likeness (QED) is 0.716. The minimum absolute atomic E-state index is 0.0442. The van der Waals surface area contributed by atoms with E-state index in [0.29, 0.717) is 17.2 Å². The van der Waals surface area contributed by atoms with Crippen molar-refractivity contribution in [2.24, 2.45) is 0 Å². The number of aromatic nitrogens is 2. The highest BCUT2D eigenvalue weighted by Gasteiger charge is 2.27.